The smallest absolute Gasteiger partial charge is 0.399 e. The highest BCUT2D eigenvalue weighted by atomic mass is 32.1. The molecule has 0 fully saturated rings. The van der Waals surface area contributed by atoms with Crippen molar-refractivity contribution in [3.05, 3.63) is 52.0 Å². The predicted octanol–water partition coefficient (Wildman–Crippen LogP) is 3.37. The van der Waals surface area contributed by atoms with E-state index in [1.165, 1.54) is 23.5 Å². The van der Waals surface area contributed by atoms with E-state index in [1.807, 2.05) is 18.2 Å². The van der Waals surface area contributed by atoms with Crippen molar-refractivity contribution >= 4 is 17.2 Å². The molecule has 0 radical (unpaired) electrons. The minimum absolute atomic E-state index is 0.289. The van der Waals surface area contributed by atoms with Gasteiger partial charge in [0.1, 0.15) is 15.6 Å². The summed E-state index contributed by atoms with van der Waals surface area (Å²) in [5, 5.41) is 13.1. The van der Waals surface area contributed by atoms with Gasteiger partial charge in [0.25, 0.3) is 0 Å². The number of hydrogen-bond acceptors (Lipinski definition) is 6. The summed E-state index contributed by atoms with van der Waals surface area (Å²) < 4.78 is 5.11. The molecular weight excluding hydrogens is 266 g/mol. The number of furan rings is 1. The monoisotopic (exact) mass is 273 g/mol. The number of hydrogen-bond donors (Lipinski definition) is 0. The molecule has 0 aliphatic rings. The van der Waals surface area contributed by atoms with Crippen molar-refractivity contribution in [2.45, 2.75) is 0 Å². The molecule has 0 bridgehead atoms. The zero-order chi connectivity index (χ0) is 13.2. The minimum atomic E-state index is -0.574. The highest BCUT2D eigenvalue weighted by Crippen LogP contribution is 2.30. The van der Waals surface area contributed by atoms with Gasteiger partial charge in [-0.1, -0.05) is 6.07 Å². The van der Waals surface area contributed by atoms with Gasteiger partial charge >= 0.3 is 5.88 Å². The Hall–Kier alpha value is -2.54. The first-order valence-corrected chi connectivity index (χ1v) is 6.23. The van der Waals surface area contributed by atoms with E-state index in [9.17, 15) is 10.1 Å². The second-order valence-corrected chi connectivity index (χ2v) is 4.51. The van der Waals surface area contributed by atoms with Gasteiger partial charge in [-0.3, -0.25) is 15.1 Å². The SMILES string of the molecule is O=[N+]([O-])c1ccc(-c2csc(-c3ccccn3)n2)o1. The summed E-state index contributed by atoms with van der Waals surface area (Å²) in [6.07, 6.45) is 1.69. The third-order valence-electron chi connectivity index (χ3n) is 2.41. The predicted molar refractivity (Wildman–Crippen MR) is 69.7 cm³/mol. The van der Waals surface area contributed by atoms with Crippen LogP contribution in [0, 0.1) is 10.1 Å². The molecule has 3 aromatic rings. The maximum atomic E-state index is 10.6. The van der Waals surface area contributed by atoms with Crippen LogP contribution in [-0.2, 0) is 0 Å². The number of rotatable bonds is 3. The fourth-order valence-corrected chi connectivity index (χ4v) is 2.34. The Morgan fingerprint density at radius 2 is 2.11 bits per heavy atom. The van der Waals surface area contributed by atoms with E-state index >= 15 is 0 Å². The number of aromatic nitrogens is 2. The molecule has 0 spiro atoms. The van der Waals surface area contributed by atoms with E-state index in [0.29, 0.717) is 11.5 Å². The van der Waals surface area contributed by atoms with E-state index in [2.05, 4.69) is 9.97 Å². The summed E-state index contributed by atoms with van der Waals surface area (Å²) in [6.45, 7) is 0. The van der Waals surface area contributed by atoms with E-state index in [0.717, 1.165) is 10.7 Å². The van der Waals surface area contributed by atoms with Crippen molar-refractivity contribution < 1.29 is 9.34 Å². The van der Waals surface area contributed by atoms with E-state index in [-0.39, 0.29) is 5.88 Å². The standard InChI is InChI=1S/C12H7N3O3S/c16-15(17)11-5-4-10(18-11)9-7-19-12(14-9)8-3-1-2-6-13-8/h1-7H. The van der Waals surface area contributed by atoms with Crippen LogP contribution in [0.1, 0.15) is 0 Å². The van der Waals surface area contributed by atoms with Crippen molar-refractivity contribution in [2.24, 2.45) is 0 Å². The first-order valence-electron chi connectivity index (χ1n) is 5.35. The van der Waals surface area contributed by atoms with Crippen LogP contribution in [0.15, 0.2) is 46.3 Å². The van der Waals surface area contributed by atoms with Crippen molar-refractivity contribution in [3.63, 3.8) is 0 Å². The molecule has 0 saturated heterocycles. The molecule has 94 valence electrons. The normalized spacial score (nSPS) is 10.5. The van der Waals surface area contributed by atoms with Crippen molar-refractivity contribution in [1.82, 2.24) is 9.97 Å². The van der Waals surface area contributed by atoms with E-state index in [4.69, 9.17) is 4.42 Å². The summed E-state index contributed by atoms with van der Waals surface area (Å²) in [5.74, 6) is 0.0903. The summed E-state index contributed by atoms with van der Waals surface area (Å²) in [5.41, 5.74) is 1.33. The minimum Gasteiger partial charge on any atom is -0.399 e. The van der Waals surface area contributed by atoms with Gasteiger partial charge in [0, 0.05) is 11.6 Å². The Balaban J connectivity index is 1.94. The molecule has 0 atom stereocenters. The van der Waals surface area contributed by atoms with Crippen LogP contribution in [0.3, 0.4) is 0 Å². The first kappa shape index (κ1) is 11.5. The van der Waals surface area contributed by atoms with E-state index < -0.39 is 4.92 Å². The maximum Gasteiger partial charge on any atom is 0.433 e. The molecule has 0 N–H and O–H groups in total. The van der Waals surface area contributed by atoms with Crippen LogP contribution in [0.5, 0.6) is 0 Å². The van der Waals surface area contributed by atoms with Gasteiger partial charge in [0.05, 0.1) is 11.8 Å². The van der Waals surface area contributed by atoms with Gasteiger partial charge in [-0.25, -0.2) is 4.98 Å². The molecule has 3 heterocycles. The lowest BCUT2D eigenvalue weighted by atomic mass is 10.3. The second-order valence-electron chi connectivity index (χ2n) is 3.65. The average molecular weight is 273 g/mol. The lowest BCUT2D eigenvalue weighted by Crippen LogP contribution is -1.83. The Bertz CT molecular complexity index is 721. The van der Waals surface area contributed by atoms with Crippen LogP contribution >= 0.6 is 11.3 Å². The highest BCUT2D eigenvalue weighted by Gasteiger charge is 2.15. The van der Waals surface area contributed by atoms with Gasteiger partial charge < -0.3 is 4.42 Å². The molecule has 3 aromatic heterocycles. The molecule has 19 heavy (non-hydrogen) atoms. The summed E-state index contributed by atoms with van der Waals surface area (Å²) in [6, 6.07) is 8.41. The summed E-state index contributed by atoms with van der Waals surface area (Å²) in [4.78, 5) is 18.5. The Kier molecular flexibility index (Phi) is 2.81. The second kappa shape index (κ2) is 4.62. The van der Waals surface area contributed by atoms with Gasteiger partial charge in [-0.05, 0) is 18.2 Å². The van der Waals surface area contributed by atoms with Crippen molar-refractivity contribution in [2.75, 3.05) is 0 Å². The molecule has 0 saturated carbocycles. The largest absolute Gasteiger partial charge is 0.433 e. The number of pyridine rings is 1. The lowest BCUT2D eigenvalue weighted by molar-refractivity contribution is -0.401. The average Bonchev–Trinajstić information content (AvgIpc) is 3.09. The van der Waals surface area contributed by atoms with Crippen LogP contribution in [0.2, 0.25) is 0 Å². The molecule has 0 amide bonds. The van der Waals surface area contributed by atoms with Crippen LogP contribution in [0.4, 0.5) is 5.88 Å². The van der Waals surface area contributed by atoms with E-state index in [1.54, 1.807) is 11.6 Å². The maximum absolute atomic E-state index is 10.6. The molecule has 3 rings (SSSR count). The number of nitrogens with zero attached hydrogens (tertiary/aromatic N) is 3. The van der Waals surface area contributed by atoms with Gasteiger partial charge in [0.15, 0.2) is 5.76 Å². The van der Waals surface area contributed by atoms with Gasteiger partial charge in [-0.15, -0.1) is 11.3 Å². The van der Waals surface area contributed by atoms with Crippen molar-refractivity contribution in [3.8, 4) is 22.2 Å². The fourth-order valence-electron chi connectivity index (χ4n) is 1.56. The summed E-state index contributed by atoms with van der Waals surface area (Å²) in [7, 11) is 0. The topological polar surface area (TPSA) is 82.1 Å². The number of nitro groups is 1. The number of thiazole rings is 1. The van der Waals surface area contributed by atoms with Crippen LogP contribution < -0.4 is 0 Å². The molecular formula is C12H7N3O3S. The quantitative estimate of drug-likeness (QED) is 0.539. The molecule has 0 aliphatic heterocycles. The first-order chi connectivity index (χ1) is 9.24. The lowest BCUT2D eigenvalue weighted by Gasteiger charge is -1.92. The van der Waals surface area contributed by atoms with Crippen LogP contribution in [0.25, 0.3) is 22.2 Å². The fraction of sp³-hybridized carbons (Fsp3) is 0. The molecule has 6 nitrogen and oxygen atoms in total. The van der Waals surface area contributed by atoms with Crippen LogP contribution in [-0.4, -0.2) is 14.9 Å². The van der Waals surface area contributed by atoms with Gasteiger partial charge in [0.2, 0.25) is 0 Å². The molecule has 0 aliphatic carbocycles. The Labute approximate surface area is 111 Å². The van der Waals surface area contributed by atoms with Crippen molar-refractivity contribution in [1.29, 1.82) is 0 Å². The zero-order valence-electron chi connectivity index (χ0n) is 9.52. The third-order valence-corrected chi connectivity index (χ3v) is 3.28. The zero-order valence-corrected chi connectivity index (χ0v) is 10.3. The Morgan fingerprint density at radius 3 is 2.79 bits per heavy atom. The molecule has 0 aromatic carbocycles. The highest BCUT2D eigenvalue weighted by molar-refractivity contribution is 7.13. The van der Waals surface area contributed by atoms with Gasteiger partial charge in [-0.2, -0.15) is 0 Å². The summed E-state index contributed by atoms with van der Waals surface area (Å²) >= 11 is 1.41. The molecule has 0 unspecified atom stereocenters. The molecule has 7 heteroatoms. The Morgan fingerprint density at radius 1 is 1.21 bits per heavy atom. The third kappa shape index (κ3) is 2.23.